The van der Waals surface area contributed by atoms with Crippen molar-refractivity contribution in [2.75, 3.05) is 19.3 Å². The summed E-state index contributed by atoms with van der Waals surface area (Å²) in [5.41, 5.74) is 0. The first kappa shape index (κ1) is 19.8. The van der Waals surface area contributed by atoms with Crippen LogP contribution < -0.4 is 64.4 Å². The topological polar surface area (TPSA) is 75.2 Å². The summed E-state index contributed by atoms with van der Waals surface area (Å²) in [5.74, 6) is 0.368. The van der Waals surface area contributed by atoms with E-state index in [1.54, 1.807) is 7.05 Å². The Morgan fingerprint density at radius 1 is 1.42 bits per heavy atom. The molecule has 0 rings (SSSR count). The molecule has 0 aromatic rings. The summed E-state index contributed by atoms with van der Waals surface area (Å²) in [5, 5.41) is 2.84. The minimum absolute atomic E-state index is 0. The molecule has 0 aromatic carbocycles. The maximum Gasteiger partial charge on any atom is 1.00 e. The van der Waals surface area contributed by atoms with Gasteiger partial charge in [-0.15, -0.1) is 0 Å². The van der Waals surface area contributed by atoms with E-state index in [-0.39, 0.29) is 59.1 Å². The standard InChI is InChI=1S/C4H11NO3S2.2Na/c1-5-3-2-4-9-10(6,7)8;;/h5H,2-4H2,1H3,(H-,6,7,8);;/q;2*+1/p-1. The third kappa shape index (κ3) is 18.1. The Labute approximate surface area is 121 Å². The van der Waals surface area contributed by atoms with Gasteiger partial charge in [0.05, 0.1) is 9.05 Å². The van der Waals surface area contributed by atoms with Gasteiger partial charge in [-0.25, -0.2) is 4.21 Å². The molecule has 0 saturated heterocycles. The van der Waals surface area contributed by atoms with Crippen LogP contribution in [-0.2, 0) is 19.4 Å². The van der Waals surface area contributed by atoms with E-state index in [9.17, 15) is 13.3 Å². The van der Waals surface area contributed by atoms with E-state index in [0.29, 0.717) is 22.5 Å². The van der Waals surface area contributed by atoms with Gasteiger partial charge < -0.3 is 14.4 Å². The Balaban J connectivity index is -0.000000405. The molecule has 0 heterocycles. The molecule has 0 aromatic heterocycles. The molecule has 0 amide bonds. The molecule has 0 bridgehead atoms. The Kier molecular flexibility index (Phi) is 18.7. The average molecular weight is 230 g/mol. The zero-order chi connectivity index (χ0) is 8.04. The summed E-state index contributed by atoms with van der Waals surface area (Å²) in [4.78, 5) is 0. The molecule has 0 saturated carbocycles. The molecule has 8 heteroatoms. The van der Waals surface area contributed by atoms with E-state index < -0.39 is 9.05 Å². The molecule has 62 valence electrons. The Morgan fingerprint density at radius 2 is 1.92 bits per heavy atom. The van der Waals surface area contributed by atoms with Gasteiger partial charge in [-0.2, -0.15) is 0 Å². The summed E-state index contributed by atoms with van der Waals surface area (Å²) in [7, 11) is -1.84. The first-order valence-electron chi connectivity index (χ1n) is 2.81. The predicted molar refractivity (Wildman–Crippen MR) is 40.5 cm³/mol. The molecule has 1 N–H and O–H groups in total. The van der Waals surface area contributed by atoms with Crippen molar-refractivity contribution >= 4 is 19.4 Å². The molecule has 0 aliphatic heterocycles. The first-order valence-corrected chi connectivity index (χ1v) is 5.72. The second kappa shape index (κ2) is 11.3. The summed E-state index contributed by atoms with van der Waals surface area (Å²) >= 11 is 0. The summed E-state index contributed by atoms with van der Waals surface area (Å²) in [6, 6.07) is 0. The molecule has 0 spiro atoms. The summed E-state index contributed by atoms with van der Waals surface area (Å²) in [6.07, 6.45) is 0.697. The molecule has 0 aliphatic carbocycles. The van der Waals surface area contributed by atoms with Crippen LogP contribution in [0.3, 0.4) is 0 Å². The van der Waals surface area contributed by atoms with Gasteiger partial charge in [0.15, 0.2) is 5.75 Å². The monoisotopic (exact) mass is 230 g/mol. The minimum atomic E-state index is -4.07. The van der Waals surface area contributed by atoms with Crippen LogP contribution in [0.5, 0.6) is 0 Å². The van der Waals surface area contributed by atoms with Crippen molar-refractivity contribution in [1.29, 1.82) is 0 Å². The molecule has 0 radical (unpaired) electrons. The van der Waals surface area contributed by atoms with Crippen molar-refractivity contribution in [2.45, 2.75) is 6.42 Å². The minimum Gasteiger partial charge on any atom is -0.746 e. The fourth-order valence-corrected chi connectivity index (χ4v) is 1.84. The zero-order valence-electron chi connectivity index (χ0n) is 7.66. The van der Waals surface area contributed by atoms with Gasteiger partial charge in [0.25, 0.3) is 0 Å². The van der Waals surface area contributed by atoms with Gasteiger partial charge in [-0.1, -0.05) is 0 Å². The largest absolute Gasteiger partial charge is 1.00 e. The van der Waals surface area contributed by atoms with Gasteiger partial charge in [-0.3, -0.25) is 0 Å². The van der Waals surface area contributed by atoms with Crippen LogP contribution in [0.2, 0.25) is 0 Å². The van der Waals surface area contributed by atoms with Crippen LogP contribution in [0, 0.1) is 0 Å². The number of nitrogens with one attached hydrogen (secondary N) is 1. The first-order chi connectivity index (χ1) is 4.56. The SMILES string of the molecule is CNCCC[S+]=S(=O)([O-])[O-].[Na+].[Na+]. The Hall–Kier alpha value is 2.25. The maximum atomic E-state index is 9.98. The van der Waals surface area contributed by atoms with Crippen molar-refractivity contribution in [1.82, 2.24) is 5.32 Å². The number of hydrogen-bond donors (Lipinski definition) is 1. The van der Waals surface area contributed by atoms with Crippen molar-refractivity contribution in [2.24, 2.45) is 0 Å². The quantitative estimate of drug-likeness (QED) is 0.296. The molecule has 0 unspecified atom stereocenters. The van der Waals surface area contributed by atoms with Crippen LogP contribution in [0.15, 0.2) is 0 Å². The van der Waals surface area contributed by atoms with Crippen LogP contribution >= 0.6 is 0 Å². The predicted octanol–water partition coefficient (Wildman–Crippen LogP) is -6.85. The number of rotatable bonds is 4. The van der Waals surface area contributed by atoms with E-state index in [0.717, 1.165) is 6.54 Å². The van der Waals surface area contributed by atoms with Crippen LogP contribution in [0.4, 0.5) is 0 Å². The third-order valence-electron chi connectivity index (χ3n) is 0.799. The fraction of sp³-hybridized carbons (Fsp3) is 1.00. The van der Waals surface area contributed by atoms with Crippen LogP contribution in [0.1, 0.15) is 6.42 Å². The Bertz CT molecular complexity index is 185. The van der Waals surface area contributed by atoms with Crippen molar-refractivity contribution in [3.63, 3.8) is 0 Å². The van der Waals surface area contributed by atoms with Crippen molar-refractivity contribution in [3.05, 3.63) is 0 Å². The van der Waals surface area contributed by atoms with Crippen molar-refractivity contribution < 1.29 is 72.4 Å². The smallest absolute Gasteiger partial charge is 0.746 e. The molecular formula is C4H10NNa2O3S2+. The second-order valence-corrected chi connectivity index (χ2v) is 5.08. The maximum absolute atomic E-state index is 9.98. The van der Waals surface area contributed by atoms with E-state index in [2.05, 4.69) is 5.32 Å². The molecule has 0 fully saturated rings. The molecule has 0 aliphatic rings. The molecule has 0 atom stereocenters. The van der Waals surface area contributed by atoms with Gasteiger partial charge in [0.1, 0.15) is 0 Å². The van der Waals surface area contributed by atoms with E-state index in [4.69, 9.17) is 0 Å². The number of hydrogen-bond acceptors (Lipinski definition) is 4. The van der Waals surface area contributed by atoms with Crippen molar-refractivity contribution in [3.8, 4) is 0 Å². The average Bonchev–Trinajstić information content (AvgIpc) is 1.78. The van der Waals surface area contributed by atoms with Gasteiger partial charge in [0, 0.05) is 6.42 Å². The molecule has 4 nitrogen and oxygen atoms in total. The fourth-order valence-electron chi connectivity index (χ4n) is 0.410. The van der Waals surface area contributed by atoms with Gasteiger partial charge in [0.2, 0.25) is 10.3 Å². The zero-order valence-corrected chi connectivity index (χ0v) is 13.3. The summed E-state index contributed by atoms with van der Waals surface area (Å²) < 4.78 is 29.9. The normalized spacial score (nSPS) is 9.58. The van der Waals surface area contributed by atoms with E-state index >= 15 is 0 Å². The van der Waals surface area contributed by atoms with E-state index in [1.165, 1.54) is 0 Å². The second-order valence-electron chi connectivity index (χ2n) is 1.69. The van der Waals surface area contributed by atoms with Gasteiger partial charge in [-0.05, 0) is 13.6 Å². The summed E-state index contributed by atoms with van der Waals surface area (Å²) in [6.45, 7) is 0.739. The molecule has 12 heavy (non-hydrogen) atoms. The third-order valence-corrected chi connectivity index (χ3v) is 2.91. The van der Waals surface area contributed by atoms with E-state index in [1.807, 2.05) is 0 Å². The Morgan fingerprint density at radius 3 is 2.25 bits per heavy atom. The van der Waals surface area contributed by atoms with Crippen LogP contribution in [-0.4, -0.2) is 32.7 Å². The molecular weight excluding hydrogens is 220 g/mol. The van der Waals surface area contributed by atoms with Gasteiger partial charge >= 0.3 is 59.1 Å². The van der Waals surface area contributed by atoms with Crippen LogP contribution in [0.25, 0.3) is 0 Å².